The van der Waals surface area contributed by atoms with Crippen molar-refractivity contribution >= 4 is 29.0 Å². The average molecular weight is 467 g/mol. The Bertz CT molecular complexity index is 1460. The first-order valence-electron chi connectivity index (χ1n) is 11.1. The van der Waals surface area contributed by atoms with Gasteiger partial charge in [-0.3, -0.25) is 4.79 Å². The largest absolute Gasteiger partial charge is 0.341 e. The maximum atomic E-state index is 13.0. The molecule has 3 N–H and O–H groups in total. The Labute approximate surface area is 203 Å². The molecule has 176 valence electrons. The van der Waals surface area contributed by atoms with E-state index in [9.17, 15) is 9.59 Å². The molecule has 0 aliphatic heterocycles. The third kappa shape index (κ3) is 4.70. The molecule has 4 aromatic rings. The van der Waals surface area contributed by atoms with Gasteiger partial charge in [-0.1, -0.05) is 30.2 Å². The third-order valence-corrected chi connectivity index (χ3v) is 5.92. The molecule has 8 nitrogen and oxygen atoms in total. The van der Waals surface area contributed by atoms with Crippen LogP contribution in [0.25, 0.3) is 16.9 Å². The summed E-state index contributed by atoms with van der Waals surface area (Å²) in [4.78, 5) is 29.2. The SMILES string of the molecule is C#CC(C)(C)c1ccc(C(=O)Nc2cccc(-c3cc(NC(=O)NC)c4nccn4n3)c2C)cc1. The number of nitrogens with one attached hydrogen (secondary N) is 3. The fraction of sp³-hybridized carbons (Fsp3) is 0.185. The highest BCUT2D eigenvalue weighted by Crippen LogP contribution is 2.30. The van der Waals surface area contributed by atoms with E-state index in [1.54, 1.807) is 42.2 Å². The molecule has 2 heterocycles. The lowest BCUT2D eigenvalue weighted by atomic mass is 9.85. The van der Waals surface area contributed by atoms with Crippen LogP contribution in [0.1, 0.15) is 35.3 Å². The van der Waals surface area contributed by atoms with Crippen molar-refractivity contribution in [2.45, 2.75) is 26.2 Å². The molecule has 0 bridgehead atoms. The van der Waals surface area contributed by atoms with Crippen molar-refractivity contribution in [2.75, 3.05) is 17.7 Å². The topological polar surface area (TPSA) is 100 Å². The Morgan fingerprint density at radius 2 is 1.80 bits per heavy atom. The number of carbonyl (C=O) groups excluding carboxylic acids is 2. The molecule has 0 saturated carbocycles. The summed E-state index contributed by atoms with van der Waals surface area (Å²) in [5.74, 6) is 2.54. The first-order valence-corrected chi connectivity index (χ1v) is 11.1. The van der Waals surface area contributed by atoms with Crippen molar-refractivity contribution < 1.29 is 9.59 Å². The van der Waals surface area contributed by atoms with Crippen LogP contribution < -0.4 is 16.0 Å². The van der Waals surface area contributed by atoms with Crippen molar-refractivity contribution in [3.63, 3.8) is 0 Å². The van der Waals surface area contributed by atoms with E-state index in [4.69, 9.17) is 6.42 Å². The van der Waals surface area contributed by atoms with Gasteiger partial charge in [0.25, 0.3) is 5.91 Å². The Kier molecular flexibility index (Phi) is 6.26. The normalized spacial score (nSPS) is 11.1. The van der Waals surface area contributed by atoms with E-state index < -0.39 is 5.41 Å². The predicted octanol–water partition coefficient (Wildman–Crippen LogP) is 4.62. The summed E-state index contributed by atoms with van der Waals surface area (Å²) in [6.45, 7) is 5.83. The quantitative estimate of drug-likeness (QED) is 0.374. The number of amides is 3. The van der Waals surface area contributed by atoms with E-state index in [2.05, 4.69) is 32.0 Å². The lowest BCUT2D eigenvalue weighted by Crippen LogP contribution is -2.25. The number of benzene rings is 2. The Hall–Kier alpha value is -4.64. The summed E-state index contributed by atoms with van der Waals surface area (Å²) in [5.41, 5.74) is 5.06. The molecule has 0 saturated heterocycles. The fourth-order valence-electron chi connectivity index (χ4n) is 3.69. The number of nitrogens with zero attached hydrogens (tertiary/aromatic N) is 3. The van der Waals surface area contributed by atoms with Crippen LogP contribution in [-0.2, 0) is 5.41 Å². The average Bonchev–Trinajstić information content (AvgIpc) is 3.34. The maximum absolute atomic E-state index is 13.0. The summed E-state index contributed by atoms with van der Waals surface area (Å²) < 4.78 is 1.60. The second-order valence-corrected chi connectivity index (χ2v) is 8.62. The minimum Gasteiger partial charge on any atom is -0.341 e. The minimum absolute atomic E-state index is 0.227. The molecule has 0 spiro atoms. The highest BCUT2D eigenvalue weighted by molar-refractivity contribution is 6.05. The molecule has 2 aromatic carbocycles. The van der Waals surface area contributed by atoms with Crippen LogP contribution in [0.2, 0.25) is 0 Å². The summed E-state index contributed by atoms with van der Waals surface area (Å²) in [7, 11) is 1.54. The first-order chi connectivity index (χ1) is 16.7. The number of imidazole rings is 1. The Morgan fingerprint density at radius 1 is 1.06 bits per heavy atom. The van der Waals surface area contributed by atoms with Gasteiger partial charge < -0.3 is 16.0 Å². The van der Waals surface area contributed by atoms with E-state index in [-0.39, 0.29) is 11.9 Å². The van der Waals surface area contributed by atoms with E-state index >= 15 is 0 Å². The number of carbonyl (C=O) groups is 2. The summed E-state index contributed by atoms with van der Waals surface area (Å²) in [6, 6.07) is 14.3. The number of rotatable bonds is 5. The zero-order valence-corrected chi connectivity index (χ0v) is 20.0. The fourth-order valence-corrected chi connectivity index (χ4v) is 3.69. The Morgan fingerprint density at radius 3 is 2.49 bits per heavy atom. The van der Waals surface area contributed by atoms with Crippen LogP contribution in [0.4, 0.5) is 16.2 Å². The molecule has 0 fully saturated rings. The molecular formula is C27H26N6O2. The van der Waals surface area contributed by atoms with Crippen LogP contribution in [0.5, 0.6) is 0 Å². The van der Waals surface area contributed by atoms with E-state index in [1.807, 2.05) is 51.1 Å². The minimum atomic E-state index is -0.408. The van der Waals surface area contributed by atoms with Crippen molar-refractivity contribution in [1.82, 2.24) is 19.9 Å². The standard InChI is InChI=1S/C27H26N6O2/c1-6-27(3,4)19-12-10-18(11-13-19)25(34)30-21-9-7-8-20(17(21)2)22-16-23(31-26(35)28-5)24-29-14-15-33(24)32-22/h1,7-16H,2-5H3,(H,30,34)(H2,28,31,35). The molecule has 0 aliphatic rings. The number of fused-ring (bicyclic) bond motifs is 1. The molecule has 0 radical (unpaired) electrons. The van der Waals surface area contributed by atoms with Gasteiger partial charge in [-0.2, -0.15) is 5.10 Å². The summed E-state index contributed by atoms with van der Waals surface area (Å²) in [5, 5.41) is 12.9. The number of hydrogen-bond donors (Lipinski definition) is 3. The number of hydrogen-bond acceptors (Lipinski definition) is 4. The molecule has 8 heteroatoms. The highest BCUT2D eigenvalue weighted by Gasteiger charge is 2.18. The number of anilines is 2. The second-order valence-electron chi connectivity index (χ2n) is 8.62. The molecule has 4 rings (SSSR count). The molecular weight excluding hydrogens is 440 g/mol. The van der Waals surface area contributed by atoms with Gasteiger partial charge in [-0.25, -0.2) is 14.3 Å². The van der Waals surface area contributed by atoms with Crippen LogP contribution in [-0.4, -0.2) is 33.6 Å². The van der Waals surface area contributed by atoms with Crippen LogP contribution in [0.15, 0.2) is 60.9 Å². The summed E-state index contributed by atoms with van der Waals surface area (Å²) in [6.07, 6.45) is 8.94. The highest BCUT2D eigenvalue weighted by atomic mass is 16.2. The monoisotopic (exact) mass is 466 g/mol. The smallest absolute Gasteiger partial charge is 0.319 e. The van der Waals surface area contributed by atoms with E-state index in [1.165, 1.54) is 0 Å². The first kappa shape index (κ1) is 23.5. The molecule has 2 aromatic heterocycles. The molecule has 0 unspecified atom stereocenters. The number of urea groups is 1. The lowest BCUT2D eigenvalue weighted by Gasteiger charge is -2.18. The second kappa shape index (κ2) is 9.31. The van der Waals surface area contributed by atoms with Gasteiger partial charge >= 0.3 is 6.03 Å². The van der Waals surface area contributed by atoms with Gasteiger partial charge in [0.1, 0.15) is 0 Å². The van der Waals surface area contributed by atoms with E-state index in [0.29, 0.717) is 28.3 Å². The number of aromatic nitrogens is 3. The van der Waals surface area contributed by atoms with Gasteiger partial charge in [0.15, 0.2) is 5.65 Å². The van der Waals surface area contributed by atoms with Gasteiger partial charge in [-0.15, -0.1) is 6.42 Å². The van der Waals surface area contributed by atoms with Crippen molar-refractivity contribution in [3.05, 3.63) is 77.6 Å². The number of terminal acetylenes is 1. The molecule has 0 aliphatic carbocycles. The van der Waals surface area contributed by atoms with Gasteiger partial charge in [0.05, 0.1) is 16.8 Å². The molecule has 3 amide bonds. The van der Waals surface area contributed by atoms with Crippen molar-refractivity contribution in [3.8, 4) is 23.6 Å². The van der Waals surface area contributed by atoms with Gasteiger partial charge in [0, 0.05) is 36.3 Å². The molecule has 35 heavy (non-hydrogen) atoms. The van der Waals surface area contributed by atoms with Crippen molar-refractivity contribution in [1.29, 1.82) is 0 Å². The summed E-state index contributed by atoms with van der Waals surface area (Å²) >= 11 is 0. The van der Waals surface area contributed by atoms with Crippen LogP contribution in [0.3, 0.4) is 0 Å². The van der Waals surface area contributed by atoms with Crippen LogP contribution in [0, 0.1) is 19.3 Å². The third-order valence-electron chi connectivity index (χ3n) is 5.92. The zero-order chi connectivity index (χ0) is 25.2. The van der Waals surface area contributed by atoms with Crippen LogP contribution >= 0.6 is 0 Å². The van der Waals surface area contributed by atoms with E-state index in [0.717, 1.165) is 16.7 Å². The lowest BCUT2D eigenvalue weighted by molar-refractivity contribution is 0.102. The maximum Gasteiger partial charge on any atom is 0.319 e. The Balaban J connectivity index is 1.64. The van der Waals surface area contributed by atoms with Gasteiger partial charge in [-0.05, 0) is 56.2 Å². The molecule has 0 atom stereocenters. The predicted molar refractivity (Wildman–Crippen MR) is 137 cm³/mol. The van der Waals surface area contributed by atoms with Crippen molar-refractivity contribution in [2.24, 2.45) is 0 Å². The van der Waals surface area contributed by atoms with Gasteiger partial charge in [0.2, 0.25) is 0 Å². The zero-order valence-electron chi connectivity index (χ0n) is 20.0.